The standard InChI is InChI=1S/C46H32N2O2/c1-29-23-25-34(30(2)27-29)37-18-11-19-38-36-17-9-10-21-40(36)47(44(37)38)41-22-12-20-39-43(41)46(50)48(45(39)49)42-28-33(31-13-5-3-6-14-31)24-26-35(42)32-15-7-4-8-16-32/h3-28H,1-2H3. The lowest BCUT2D eigenvalue weighted by atomic mass is 9.96. The van der Waals surface area contributed by atoms with Crippen LogP contribution in [0.25, 0.3) is 60.9 Å². The molecular weight excluding hydrogens is 613 g/mol. The molecule has 0 saturated carbocycles. The highest BCUT2D eigenvalue weighted by Crippen LogP contribution is 2.43. The van der Waals surface area contributed by atoms with Crippen LogP contribution in [0.15, 0.2) is 158 Å². The Hall–Kier alpha value is -6.52. The van der Waals surface area contributed by atoms with E-state index in [1.807, 2.05) is 97.1 Å². The number of amides is 2. The Labute approximate surface area is 290 Å². The molecule has 0 spiro atoms. The summed E-state index contributed by atoms with van der Waals surface area (Å²) in [6.07, 6.45) is 0. The molecule has 2 amide bonds. The van der Waals surface area contributed by atoms with Crippen molar-refractivity contribution < 1.29 is 9.59 Å². The maximum Gasteiger partial charge on any atom is 0.268 e. The van der Waals surface area contributed by atoms with Gasteiger partial charge in [-0.2, -0.15) is 0 Å². The normalized spacial score (nSPS) is 12.6. The number of para-hydroxylation sites is 2. The van der Waals surface area contributed by atoms with Gasteiger partial charge in [0.2, 0.25) is 0 Å². The number of anilines is 1. The van der Waals surface area contributed by atoms with Gasteiger partial charge in [-0.3, -0.25) is 9.59 Å². The molecule has 0 unspecified atom stereocenters. The van der Waals surface area contributed by atoms with Crippen LogP contribution in [0.4, 0.5) is 5.69 Å². The average molecular weight is 645 g/mol. The molecule has 0 N–H and O–H groups in total. The molecule has 2 heterocycles. The molecule has 0 fully saturated rings. The van der Waals surface area contributed by atoms with Crippen LogP contribution in [0.1, 0.15) is 31.8 Å². The van der Waals surface area contributed by atoms with E-state index in [9.17, 15) is 9.59 Å². The number of imide groups is 1. The molecule has 8 aromatic rings. The molecule has 4 heteroatoms. The number of aryl methyl sites for hydroxylation is 2. The van der Waals surface area contributed by atoms with Gasteiger partial charge in [-0.05, 0) is 65.9 Å². The van der Waals surface area contributed by atoms with E-state index in [-0.39, 0.29) is 11.8 Å². The Morgan fingerprint density at radius 1 is 0.440 bits per heavy atom. The third kappa shape index (κ3) is 4.53. The number of aromatic nitrogens is 1. The fourth-order valence-corrected chi connectivity index (χ4v) is 7.66. The second-order valence-electron chi connectivity index (χ2n) is 13.0. The third-order valence-corrected chi connectivity index (χ3v) is 9.93. The number of hydrogen-bond acceptors (Lipinski definition) is 2. The number of hydrogen-bond donors (Lipinski definition) is 0. The van der Waals surface area contributed by atoms with E-state index >= 15 is 0 Å². The second-order valence-corrected chi connectivity index (χ2v) is 13.0. The van der Waals surface area contributed by atoms with Gasteiger partial charge in [0.25, 0.3) is 11.8 Å². The summed E-state index contributed by atoms with van der Waals surface area (Å²) >= 11 is 0. The first-order valence-electron chi connectivity index (χ1n) is 16.9. The summed E-state index contributed by atoms with van der Waals surface area (Å²) in [5.41, 5.74) is 12.3. The minimum Gasteiger partial charge on any atom is -0.308 e. The van der Waals surface area contributed by atoms with Gasteiger partial charge in [-0.15, -0.1) is 0 Å². The van der Waals surface area contributed by atoms with Gasteiger partial charge in [0.1, 0.15) is 0 Å². The first-order chi connectivity index (χ1) is 24.5. The largest absolute Gasteiger partial charge is 0.308 e. The van der Waals surface area contributed by atoms with Crippen LogP contribution in [0.3, 0.4) is 0 Å². The molecule has 0 bridgehead atoms. The fourth-order valence-electron chi connectivity index (χ4n) is 7.66. The van der Waals surface area contributed by atoms with Gasteiger partial charge in [-0.25, -0.2) is 4.90 Å². The Morgan fingerprint density at radius 3 is 1.88 bits per heavy atom. The van der Waals surface area contributed by atoms with Crippen LogP contribution in [-0.4, -0.2) is 16.4 Å². The number of carbonyl (C=O) groups excluding carboxylic acids is 2. The van der Waals surface area contributed by atoms with Crippen LogP contribution in [-0.2, 0) is 0 Å². The number of carbonyl (C=O) groups is 2. The molecule has 238 valence electrons. The van der Waals surface area contributed by atoms with Crippen molar-refractivity contribution in [2.75, 3.05) is 4.90 Å². The number of rotatable bonds is 5. The molecule has 1 aliphatic rings. The molecule has 1 aliphatic heterocycles. The molecule has 7 aromatic carbocycles. The highest BCUT2D eigenvalue weighted by atomic mass is 16.2. The maximum absolute atomic E-state index is 15.0. The highest BCUT2D eigenvalue weighted by Gasteiger charge is 2.40. The van der Waals surface area contributed by atoms with Crippen molar-refractivity contribution in [1.29, 1.82) is 0 Å². The smallest absolute Gasteiger partial charge is 0.268 e. The summed E-state index contributed by atoms with van der Waals surface area (Å²) < 4.78 is 2.19. The summed E-state index contributed by atoms with van der Waals surface area (Å²) in [5.74, 6) is -0.664. The Bertz CT molecular complexity index is 2650. The Kier molecular flexibility index (Phi) is 6.85. The van der Waals surface area contributed by atoms with Gasteiger partial charge in [0, 0.05) is 21.9 Å². The highest BCUT2D eigenvalue weighted by molar-refractivity contribution is 6.36. The fraction of sp³-hybridized carbons (Fsp3) is 0.0435. The summed E-state index contributed by atoms with van der Waals surface area (Å²) in [7, 11) is 0. The lowest BCUT2D eigenvalue weighted by Crippen LogP contribution is -2.30. The van der Waals surface area contributed by atoms with E-state index in [1.54, 1.807) is 6.07 Å². The predicted molar refractivity (Wildman–Crippen MR) is 204 cm³/mol. The second kappa shape index (κ2) is 11.6. The number of fused-ring (bicyclic) bond motifs is 4. The number of benzene rings is 7. The van der Waals surface area contributed by atoms with Crippen molar-refractivity contribution >= 4 is 39.3 Å². The first kappa shape index (κ1) is 29.6. The quantitative estimate of drug-likeness (QED) is 0.175. The van der Waals surface area contributed by atoms with Crippen molar-refractivity contribution in [1.82, 2.24) is 4.57 Å². The van der Waals surface area contributed by atoms with E-state index in [4.69, 9.17) is 0 Å². The molecular formula is C46H32N2O2. The van der Waals surface area contributed by atoms with Crippen molar-refractivity contribution in [2.24, 2.45) is 0 Å². The Morgan fingerprint density at radius 2 is 1.10 bits per heavy atom. The predicted octanol–water partition coefficient (Wildman–Crippen LogP) is 11.2. The molecule has 0 radical (unpaired) electrons. The van der Waals surface area contributed by atoms with Gasteiger partial charge in [0.05, 0.1) is 33.5 Å². The summed E-state index contributed by atoms with van der Waals surface area (Å²) in [6.45, 7) is 4.25. The summed E-state index contributed by atoms with van der Waals surface area (Å²) in [6, 6.07) is 52.9. The molecule has 1 aromatic heterocycles. The monoisotopic (exact) mass is 644 g/mol. The van der Waals surface area contributed by atoms with E-state index in [2.05, 4.69) is 73.0 Å². The lowest BCUT2D eigenvalue weighted by molar-refractivity contribution is 0.0926. The third-order valence-electron chi connectivity index (χ3n) is 9.93. The zero-order chi connectivity index (χ0) is 33.9. The van der Waals surface area contributed by atoms with E-state index in [0.717, 1.165) is 55.2 Å². The van der Waals surface area contributed by atoms with E-state index in [0.29, 0.717) is 22.5 Å². The van der Waals surface area contributed by atoms with Crippen molar-refractivity contribution in [3.63, 3.8) is 0 Å². The van der Waals surface area contributed by atoms with Crippen LogP contribution >= 0.6 is 0 Å². The van der Waals surface area contributed by atoms with Gasteiger partial charge in [-0.1, -0.05) is 139 Å². The van der Waals surface area contributed by atoms with Crippen LogP contribution in [0, 0.1) is 13.8 Å². The molecule has 0 aliphatic carbocycles. The molecule has 50 heavy (non-hydrogen) atoms. The number of nitrogens with zero attached hydrogens (tertiary/aromatic N) is 2. The Balaban J connectivity index is 1.29. The first-order valence-corrected chi connectivity index (χ1v) is 16.9. The zero-order valence-corrected chi connectivity index (χ0v) is 27.7. The van der Waals surface area contributed by atoms with Crippen molar-refractivity contribution in [2.45, 2.75) is 13.8 Å². The van der Waals surface area contributed by atoms with Gasteiger partial charge >= 0.3 is 0 Å². The molecule has 9 rings (SSSR count). The lowest BCUT2D eigenvalue weighted by Gasteiger charge is -2.20. The van der Waals surface area contributed by atoms with Gasteiger partial charge in [0.15, 0.2) is 0 Å². The van der Waals surface area contributed by atoms with Crippen molar-refractivity contribution in [3.8, 4) is 39.1 Å². The molecule has 4 nitrogen and oxygen atoms in total. The SMILES string of the molecule is Cc1ccc(-c2cccc3c4ccccc4n(-c4cccc5c4C(=O)N(c4cc(-c6ccccc6)ccc4-c4ccccc4)C5=O)c23)c(C)c1. The maximum atomic E-state index is 15.0. The topological polar surface area (TPSA) is 42.3 Å². The van der Waals surface area contributed by atoms with E-state index < -0.39 is 0 Å². The van der Waals surface area contributed by atoms with Crippen LogP contribution < -0.4 is 4.90 Å². The minimum absolute atomic E-state index is 0.329. The molecule has 0 atom stereocenters. The average Bonchev–Trinajstić information content (AvgIpc) is 3.63. The minimum atomic E-state index is -0.335. The van der Waals surface area contributed by atoms with Crippen molar-refractivity contribution in [3.05, 3.63) is 180 Å². The zero-order valence-electron chi connectivity index (χ0n) is 27.7. The summed E-state index contributed by atoms with van der Waals surface area (Å²) in [5, 5.41) is 2.17. The molecule has 0 saturated heterocycles. The van der Waals surface area contributed by atoms with Crippen LogP contribution in [0.2, 0.25) is 0 Å². The summed E-state index contributed by atoms with van der Waals surface area (Å²) in [4.78, 5) is 30.9. The van der Waals surface area contributed by atoms with Gasteiger partial charge < -0.3 is 4.57 Å². The van der Waals surface area contributed by atoms with Crippen LogP contribution in [0.5, 0.6) is 0 Å². The van der Waals surface area contributed by atoms with E-state index in [1.165, 1.54) is 16.0 Å².